The largest absolute Gasteiger partial charge is 0.394 e. The molecule has 1 rings (SSSR count). The summed E-state index contributed by atoms with van der Waals surface area (Å²) in [4.78, 5) is 8.63. The summed E-state index contributed by atoms with van der Waals surface area (Å²) >= 11 is 0. The van der Waals surface area contributed by atoms with Crippen LogP contribution in [0.3, 0.4) is 0 Å². The van der Waals surface area contributed by atoms with Crippen molar-refractivity contribution in [1.82, 2.24) is 9.97 Å². The van der Waals surface area contributed by atoms with Crippen LogP contribution >= 0.6 is 0 Å². The second kappa shape index (κ2) is 7.28. The third-order valence-electron chi connectivity index (χ3n) is 3.39. The number of nitrogens with zero attached hydrogens (tertiary/aromatic N) is 2. The average molecular weight is 266 g/mol. The summed E-state index contributed by atoms with van der Waals surface area (Å²) in [5.41, 5.74) is 0.726. The molecule has 0 aliphatic carbocycles. The van der Waals surface area contributed by atoms with Gasteiger partial charge in [0, 0.05) is 12.1 Å². The van der Waals surface area contributed by atoms with E-state index in [2.05, 4.69) is 34.4 Å². The van der Waals surface area contributed by atoms with Crippen molar-refractivity contribution in [2.45, 2.75) is 52.5 Å². The smallest absolute Gasteiger partial charge is 0.135 e. The number of aliphatic hydroxyl groups is 1. The number of aliphatic hydroxyl groups excluding tert-OH is 1. The van der Waals surface area contributed by atoms with Crippen molar-refractivity contribution in [3.8, 4) is 0 Å². The van der Waals surface area contributed by atoms with Gasteiger partial charge in [-0.2, -0.15) is 0 Å². The van der Waals surface area contributed by atoms with Crippen molar-refractivity contribution in [2.24, 2.45) is 0 Å². The Balaban J connectivity index is 3.00. The average Bonchev–Trinajstić information content (AvgIpc) is 2.45. The summed E-state index contributed by atoms with van der Waals surface area (Å²) in [5.74, 6) is 1.70. The maximum atomic E-state index is 9.50. The zero-order valence-corrected chi connectivity index (χ0v) is 12.5. The molecular formula is C14H26N4O. The van der Waals surface area contributed by atoms with Crippen molar-refractivity contribution >= 4 is 11.6 Å². The Morgan fingerprint density at radius 3 is 2.42 bits per heavy atom. The molecule has 0 saturated carbocycles. The Morgan fingerprint density at radius 2 is 1.89 bits per heavy atom. The van der Waals surface area contributed by atoms with Crippen molar-refractivity contribution < 1.29 is 5.11 Å². The van der Waals surface area contributed by atoms with E-state index in [9.17, 15) is 5.11 Å². The summed E-state index contributed by atoms with van der Waals surface area (Å²) in [7, 11) is 0. The first-order chi connectivity index (χ1) is 9.10. The van der Waals surface area contributed by atoms with Gasteiger partial charge in [0.15, 0.2) is 0 Å². The molecular weight excluding hydrogens is 240 g/mol. The van der Waals surface area contributed by atoms with Gasteiger partial charge >= 0.3 is 0 Å². The van der Waals surface area contributed by atoms with Gasteiger partial charge in [-0.1, -0.05) is 20.8 Å². The molecule has 0 spiro atoms. The fraction of sp³-hybridized carbons (Fsp3) is 0.714. The van der Waals surface area contributed by atoms with Gasteiger partial charge < -0.3 is 15.7 Å². The molecule has 0 saturated heterocycles. The van der Waals surface area contributed by atoms with Crippen LogP contribution in [-0.2, 0) is 6.42 Å². The molecule has 0 bridgehead atoms. The van der Waals surface area contributed by atoms with E-state index in [0.29, 0.717) is 0 Å². The highest BCUT2D eigenvalue weighted by Crippen LogP contribution is 2.24. The van der Waals surface area contributed by atoms with Crippen LogP contribution in [0.5, 0.6) is 0 Å². The lowest BCUT2D eigenvalue weighted by Crippen LogP contribution is -2.38. The van der Waals surface area contributed by atoms with E-state index < -0.39 is 0 Å². The number of hydrogen-bond acceptors (Lipinski definition) is 5. The van der Waals surface area contributed by atoms with Crippen LogP contribution < -0.4 is 10.6 Å². The fourth-order valence-corrected chi connectivity index (χ4v) is 1.78. The molecule has 0 aliphatic heterocycles. The quantitative estimate of drug-likeness (QED) is 0.674. The summed E-state index contributed by atoms with van der Waals surface area (Å²) in [6.07, 6.45) is 4.29. The van der Waals surface area contributed by atoms with E-state index in [1.54, 1.807) is 6.33 Å². The Morgan fingerprint density at radius 1 is 1.21 bits per heavy atom. The molecule has 1 heterocycles. The Bertz CT molecular complexity index is 391. The lowest BCUT2D eigenvalue weighted by Gasteiger charge is -2.29. The lowest BCUT2D eigenvalue weighted by molar-refractivity contribution is 0.218. The molecule has 1 aromatic heterocycles. The summed E-state index contributed by atoms with van der Waals surface area (Å²) < 4.78 is 0. The van der Waals surface area contributed by atoms with Crippen molar-refractivity contribution in [3.63, 3.8) is 0 Å². The lowest BCUT2D eigenvalue weighted by atomic mass is 10.00. The van der Waals surface area contributed by atoms with Gasteiger partial charge in [-0.05, 0) is 26.2 Å². The minimum absolute atomic E-state index is 0.0778. The SMILES string of the molecule is CCCNc1ncnc(NC(C)(CC)CO)c1CC. The van der Waals surface area contributed by atoms with Crippen LogP contribution in [0.15, 0.2) is 6.33 Å². The van der Waals surface area contributed by atoms with E-state index in [1.165, 1.54) is 0 Å². The Labute approximate surface area is 115 Å². The highest BCUT2D eigenvalue weighted by molar-refractivity contribution is 5.58. The highest BCUT2D eigenvalue weighted by Gasteiger charge is 2.23. The molecule has 1 atom stereocenters. The van der Waals surface area contributed by atoms with E-state index in [0.717, 1.165) is 43.0 Å². The van der Waals surface area contributed by atoms with Crippen molar-refractivity contribution in [3.05, 3.63) is 11.9 Å². The van der Waals surface area contributed by atoms with E-state index in [1.807, 2.05) is 13.8 Å². The fourth-order valence-electron chi connectivity index (χ4n) is 1.78. The summed E-state index contributed by atoms with van der Waals surface area (Å²) in [6.45, 7) is 9.23. The minimum atomic E-state index is -0.347. The van der Waals surface area contributed by atoms with Crippen LogP contribution in [0, 0.1) is 0 Å². The van der Waals surface area contributed by atoms with Crippen molar-refractivity contribution in [1.29, 1.82) is 0 Å². The molecule has 0 aromatic carbocycles. The molecule has 1 aromatic rings. The van der Waals surface area contributed by atoms with E-state index in [4.69, 9.17) is 0 Å². The second-order valence-electron chi connectivity index (χ2n) is 5.03. The topological polar surface area (TPSA) is 70.1 Å². The number of nitrogens with one attached hydrogen (secondary N) is 2. The summed E-state index contributed by atoms with van der Waals surface area (Å²) in [5, 5.41) is 16.2. The Hall–Kier alpha value is -1.36. The van der Waals surface area contributed by atoms with E-state index >= 15 is 0 Å². The normalized spacial score (nSPS) is 13.9. The van der Waals surface area contributed by atoms with Gasteiger partial charge in [-0.15, -0.1) is 0 Å². The number of rotatable bonds is 8. The first kappa shape index (κ1) is 15.7. The molecule has 5 heteroatoms. The van der Waals surface area contributed by atoms with Crippen LogP contribution in [0.4, 0.5) is 11.6 Å². The summed E-state index contributed by atoms with van der Waals surface area (Å²) in [6, 6.07) is 0. The molecule has 108 valence electrons. The predicted molar refractivity (Wildman–Crippen MR) is 79.6 cm³/mol. The molecule has 1 unspecified atom stereocenters. The molecule has 5 nitrogen and oxygen atoms in total. The monoisotopic (exact) mass is 266 g/mol. The van der Waals surface area contributed by atoms with E-state index in [-0.39, 0.29) is 12.1 Å². The number of anilines is 2. The molecule has 0 radical (unpaired) electrons. The molecule has 3 N–H and O–H groups in total. The van der Waals surface area contributed by atoms with Crippen LogP contribution in [0.25, 0.3) is 0 Å². The first-order valence-corrected chi connectivity index (χ1v) is 7.07. The van der Waals surface area contributed by atoms with Gasteiger partial charge in [0.1, 0.15) is 18.0 Å². The third-order valence-corrected chi connectivity index (χ3v) is 3.39. The van der Waals surface area contributed by atoms with Gasteiger partial charge in [0.2, 0.25) is 0 Å². The van der Waals surface area contributed by atoms with Crippen LogP contribution in [-0.4, -0.2) is 33.8 Å². The van der Waals surface area contributed by atoms with Crippen LogP contribution in [0.1, 0.15) is 46.1 Å². The highest BCUT2D eigenvalue weighted by atomic mass is 16.3. The number of hydrogen-bond donors (Lipinski definition) is 3. The molecule has 0 amide bonds. The first-order valence-electron chi connectivity index (χ1n) is 7.07. The maximum absolute atomic E-state index is 9.50. The zero-order chi connectivity index (χ0) is 14.3. The minimum Gasteiger partial charge on any atom is -0.394 e. The van der Waals surface area contributed by atoms with Gasteiger partial charge in [0.05, 0.1) is 12.1 Å². The predicted octanol–water partition coefficient (Wildman–Crippen LogP) is 2.43. The molecule has 0 aliphatic rings. The maximum Gasteiger partial charge on any atom is 0.135 e. The van der Waals surface area contributed by atoms with Crippen LogP contribution in [0.2, 0.25) is 0 Å². The van der Waals surface area contributed by atoms with Gasteiger partial charge in [0.25, 0.3) is 0 Å². The van der Waals surface area contributed by atoms with Crippen molar-refractivity contribution in [2.75, 3.05) is 23.8 Å². The third kappa shape index (κ3) is 4.06. The molecule has 0 fully saturated rings. The van der Waals surface area contributed by atoms with Gasteiger partial charge in [-0.25, -0.2) is 9.97 Å². The second-order valence-corrected chi connectivity index (χ2v) is 5.03. The standard InChI is InChI=1S/C14H26N4O/c1-5-8-15-12-11(6-2)13(17-10-16-12)18-14(4,7-3)9-19/h10,19H,5-9H2,1-4H3,(H2,15,16,17,18). The molecule has 19 heavy (non-hydrogen) atoms. The zero-order valence-electron chi connectivity index (χ0n) is 12.5. The van der Waals surface area contributed by atoms with Gasteiger partial charge in [-0.3, -0.25) is 0 Å². The Kier molecular flexibility index (Phi) is 6.02. The number of aromatic nitrogens is 2.